The maximum atomic E-state index is 14.0. The number of aromatic nitrogens is 5. The molecule has 0 aliphatic heterocycles. The summed E-state index contributed by atoms with van der Waals surface area (Å²) in [5.74, 6) is 0.546. The number of anilines is 2. The van der Waals surface area contributed by atoms with Gasteiger partial charge in [-0.25, -0.2) is 9.67 Å². The first-order chi connectivity index (χ1) is 21.3. The van der Waals surface area contributed by atoms with Crippen LogP contribution in [0.25, 0.3) is 22.2 Å². The quantitative estimate of drug-likeness (QED) is 0.176. The molecule has 1 aliphatic rings. The molecule has 1 saturated carbocycles. The van der Waals surface area contributed by atoms with Gasteiger partial charge in [0.2, 0.25) is 0 Å². The van der Waals surface area contributed by atoms with Crippen molar-refractivity contribution in [2.24, 2.45) is 5.41 Å². The van der Waals surface area contributed by atoms with E-state index in [1.165, 1.54) is 18.8 Å². The van der Waals surface area contributed by atoms with Crippen LogP contribution in [0.5, 0.6) is 0 Å². The lowest BCUT2D eigenvalue weighted by atomic mass is 9.94. The van der Waals surface area contributed by atoms with Gasteiger partial charge in [0.05, 0.1) is 40.2 Å². The van der Waals surface area contributed by atoms with Crippen LogP contribution in [0.4, 0.5) is 24.5 Å². The minimum absolute atomic E-state index is 0.0593. The van der Waals surface area contributed by atoms with Crippen molar-refractivity contribution in [1.82, 2.24) is 25.0 Å². The van der Waals surface area contributed by atoms with E-state index in [2.05, 4.69) is 57.8 Å². The standard InChI is InChI=1S/C32H30ClF3N8O/c1-18-21(26-14-38-17-45-26)6-5-7-22(18)29(25-15-44(43-42-25)31(8-9-31)32(34,35)36)41-20-10-23-27(40-16-30(2,3)4)19(12-37)13-39-28(23)24(33)11-20/h5-7,10-11,13-15,17,29,41H,8-9,16H2,1-4H3,(H,39,40)/t29-/m0/s1. The Balaban J connectivity index is 1.48. The number of alkyl halides is 3. The first-order valence-electron chi connectivity index (χ1n) is 14.3. The lowest BCUT2D eigenvalue weighted by Gasteiger charge is -2.23. The summed E-state index contributed by atoms with van der Waals surface area (Å²) < 4.78 is 48.5. The highest BCUT2D eigenvalue weighted by Gasteiger charge is 2.66. The van der Waals surface area contributed by atoms with Crippen molar-refractivity contribution in [1.29, 1.82) is 5.26 Å². The van der Waals surface area contributed by atoms with Gasteiger partial charge in [-0.15, -0.1) is 5.10 Å². The summed E-state index contributed by atoms with van der Waals surface area (Å²) in [6, 6.07) is 10.6. The van der Waals surface area contributed by atoms with Gasteiger partial charge in [0.15, 0.2) is 17.7 Å². The number of hydrogen-bond acceptors (Lipinski definition) is 8. The van der Waals surface area contributed by atoms with E-state index in [0.717, 1.165) is 21.4 Å². The number of nitrogens with one attached hydrogen (secondary N) is 2. The highest BCUT2D eigenvalue weighted by molar-refractivity contribution is 6.35. The molecule has 2 N–H and O–H groups in total. The van der Waals surface area contributed by atoms with Crippen molar-refractivity contribution in [3.8, 4) is 17.4 Å². The second kappa shape index (κ2) is 11.1. The lowest BCUT2D eigenvalue weighted by molar-refractivity contribution is -0.182. The SMILES string of the molecule is Cc1c(-c2cnco2)cccc1[C@H](Nc1cc(Cl)c2ncc(C#N)c(NCC(C)(C)C)c2c1)c1cn(C2(C(F)(F)F)CC2)nn1. The number of pyridine rings is 1. The number of benzene rings is 2. The van der Waals surface area contributed by atoms with Crippen molar-refractivity contribution in [2.75, 3.05) is 17.2 Å². The summed E-state index contributed by atoms with van der Waals surface area (Å²) in [5, 5.41) is 25.9. The second-order valence-corrected chi connectivity index (χ2v) is 12.9. The van der Waals surface area contributed by atoms with Gasteiger partial charge < -0.3 is 15.1 Å². The van der Waals surface area contributed by atoms with E-state index >= 15 is 0 Å². The van der Waals surface area contributed by atoms with Crippen LogP contribution in [0.1, 0.15) is 62.0 Å². The van der Waals surface area contributed by atoms with Crippen molar-refractivity contribution < 1.29 is 17.6 Å². The minimum atomic E-state index is -4.46. The van der Waals surface area contributed by atoms with E-state index in [9.17, 15) is 18.4 Å². The maximum Gasteiger partial charge on any atom is 0.413 e. The highest BCUT2D eigenvalue weighted by atomic mass is 35.5. The number of rotatable bonds is 8. The van der Waals surface area contributed by atoms with Gasteiger partial charge in [0.1, 0.15) is 11.8 Å². The molecule has 1 fully saturated rings. The molecule has 0 unspecified atom stereocenters. The molecule has 3 aromatic heterocycles. The first kappa shape index (κ1) is 30.4. The van der Waals surface area contributed by atoms with E-state index < -0.39 is 17.8 Å². The smallest absolute Gasteiger partial charge is 0.413 e. The molecule has 9 nitrogen and oxygen atoms in total. The van der Waals surface area contributed by atoms with Crippen LogP contribution in [-0.4, -0.2) is 37.7 Å². The van der Waals surface area contributed by atoms with E-state index in [-0.39, 0.29) is 24.0 Å². The molecule has 0 spiro atoms. The van der Waals surface area contributed by atoms with Crippen molar-refractivity contribution in [3.63, 3.8) is 0 Å². The van der Waals surface area contributed by atoms with Gasteiger partial charge in [0.25, 0.3) is 0 Å². The average Bonchev–Trinajstić information content (AvgIpc) is 3.38. The number of nitriles is 1. The molecular formula is C32H30ClF3N8O. The second-order valence-electron chi connectivity index (χ2n) is 12.5. The van der Waals surface area contributed by atoms with Crippen LogP contribution in [0.15, 0.2) is 59.7 Å². The molecule has 0 saturated heterocycles. The Morgan fingerprint density at radius 1 is 1.18 bits per heavy atom. The largest absolute Gasteiger partial charge is 0.444 e. The Morgan fingerprint density at radius 3 is 2.60 bits per heavy atom. The molecule has 2 aromatic carbocycles. The normalized spacial score (nSPS) is 15.1. The molecule has 0 bridgehead atoms. The topological polar surface area (TPSA) is 117 Å². The summed E-state index contributed by atoms with van der Waals surface area (Å²) in [6.07, 6.45) is 1.19. The first-order valence-corrected chi connectivity index (χ1v) is 14.7. The van der Waals surface area contributed by atoms with Gasteiger partial charge in [-0.05, 0) is 48.4 Å². The Hall–Kier alpha value is -4.63. The van der Waals surface area contributed by atoms with Gasteiger partial charge in [-0.1, -0.05) is 55.8 Å². The average molecular weight is 635 g/mol. The fourth-order valence-electron chi connectivity index (χ4n) is 5.41. The summed E-state index contributed by atoms with van der Waals surface area (Å²) in [4.78, 5) is 8.46. The van der Waals surface area contributed by atoms with Crippen LogP contribution in [0, 0.1) is 23.7 Å². The molecular weight excluding hydrogens is 605 g/mol. The van der Waals surface area contributed by atoms with E-state index in [4.69, 9.17) is 16.0 Å². The number of fused-ring (bicyclic) bond motifs is 1. The van der Waals surface area contributed by atoms with E-state index in [1.54, 1.807) is 12.3 Å². The van der Waals surface area contributed by atoms with Crippen LogP contribution in [0.3, 0.4) is 0 Å². The predicted molar refractivity (Wildman–Crippen MR) is 165 cm³/mol. The number of halogens is 4. The summed E-state index contributed by atoms with van der Waals surface area (Å²) in [5.41, 5.74) is 2.46. The summed E-state index contributed by atoms with van der Waals surface area (Å²) in [7, 11) is 0. The van der Waals surface area contributed by atoms with E-state index in [0.29, 0.717) is 45.2 Å². The predicted octanol–water partition coefficient (Wildman–Crippen LogP) is 8.03. The minimum Gasteiger partial charge on any atom is -0.444 e. The fourth-order valence-corrected chi connectivity index (χ4v) is 5.68. The molecule has 6 rings (SSSR count). The van der Waals surface area contributed by atoms with Crippen molar-refractivity contribution in [3.05, 3.63) is 82.7 Å². The molecule has 5 aromatic rings. The van der Waals surface area contributed by atoms with Gasteiger partial charge in [0, 0.05) is 29.4 Å². The maximum absolute atomic E-state index is 14.0. The third-order valence-electron chi connectivity index (χ3n) is 8.03. The number of nitrogens with zero attached hydrogens (tertiary/aromatic N) is 6. The molecule has 0 amide bonds. The van der Waals surface area contributed by atoms with Crippen LogP contribution in [-0.2, 0) is 5.54 Å². The number of oxazole rings is 1. The van der Waals surface area contributed by atoms with E-state index in [1.807, 2.05) is 31.2 Å². The van der Waals surface area contributed by atoms with Crippen LogP contribution >= 0.6 is 11.6 Å². The zero-order valence-corrected chi connectivity index (χ0v) is 25.8. The lowest BCUT2D eigenvalue weighted by Crippen LogP contribution is -2.35. The Kier molecular flexibility index (Phi) is 7.48. The Bertz CT molecular complexity index is 1920. The zero-order chi connectivity index (χ0) is 32.1. The third kappa shape index (κ3) is 5.68. The molecule has 232 valence electrons. The fraction of sp³-hybridized carbons (Fsp3) is 0.344. The van der Waals surface area contributed by atoms with Crippen LogP contribution in [0.2, 0.25) is 5.02 Å². The van der Waals surface area contributed by atoms with Gasteiger partial charge >= 0.3 is 6.18 Å². The molecule has 1 aliphatic carbocycles. The third-order valence-corrected chi connectivity index (χ3v) is 8.32. The Labute approximate surface area is 262 Å². The number of hydrogen-bond donors (Lipinski definition) is 2. The van der Waals surface area contributed by atoms with Gasteiger partial charge in [-0.3, -0.25) is 4.98 Å². The molecule has 0 radical (unpaired) electrons. The zero-order valence-electron chi connectivity index (χ0n) is 25.0. The summed E-state index contributed by atoms with van der Waals surface area (Å²) in [6.45, 7) is 8.71. The summed E-state index contributed by atoms with van der Waals surface area (Å²) >= 11 is 6.75. The van der Waals surface area contributed by atoms with Crippen molar-refractivity contribution >= 4 is 33.9 Å². The molecule has 1 atom stereocenters. The monoisotopic (exact) mass is 634 g/mol. The molecule has 45 heavy (non-hydrogen) atoms. The van der Waals surface area contributed by atoms with Gasteiger partial charge in [-0.2, -0.15) is 18.4 Å². The highest BCUT2D eigenvalue weighted by Crippen LogP contribution is 2.55. The molecule has 13 heteroatoms. The van der Waals surface area contributed by atoms with Crippen LogP contribution < -0.4 is 10.6 Å². The van der Waals surface area contributed by atoms with Crippen molar-refractivity contribution in [2.45, 2.75) is 58.3 Å². The molecule has 3 heterocycles. The Morgan fingerprint density at radius 2 is 1.96 bits per heavy atom.